The molecule has 4 rings (SSSR count). The summed E-state index contributed by atoms with van der Waals surface area (Å²) in [5, 5.41) is 3.77. The molecule has 0 atom stereocenters. The Labute approximate surface area is 204 Å². The van der Waals surface area contributed by atoms with E-state index < -0.39 is 11.7 Å². The van der Waals surface area contributed by atoms with Crippen molar-refractivity contribution in [3.05, 3.63) is 63.3 Å². The van der Waals surface area contributed by atoms with Crippen molar-refractivity contribution in [2.45, 2.75) is 31.5 Å². The number of para-hydroxylation sites is 1. The van der Waals surface area contributed by atoms with Crippen molar-refractivity contribution in [3.8, 4) is 17.1 Å². The number of halogens is 4. The van der Waals surface area contributed by atoms with Crippen LogP contribution in [0.15, 0.2) is 51.7 Å². The molecule has 1 aliphatic carbocycles. The molecule has 0 spiro atoms. The minimum Gasteiger partial charge on any atom is -0.493 e. The van der Waals surface area contributed by atoms with Gasteiger partial charge in [0.25, 0.3) is 0 Å². The standard InChI is InChI=1S/C25H23ClF3NO5/c1-33-24(32)14-10-16(11-14)30-8-3-9-34-21-12-15(25(27,28)29)6-7-18(21)22-13-20(31)17-4-2-5-19(26)23(17)35-22/h2,4-7,12-14,16,30H,3,8-11H2,1H3. The fourth-order valence-corrected chi connectivity index (χ4v) is 4.21. The summed E-state index contributed by atoms with van der Waals surface area (Å²) in [5.74, 6) is -0.304. The lowest BCUT2D eigenvalue weighted by molar-refractivity contribution is -0.149. The van der Waals surface area contributed by atoms with Gasteiger partial charge in [-0.3, -0.25) is 9.59 Å². The Morgan fingerprint density at radius 1 is 1.20 bits per heavy atom. The van der Waals surface area contributed by atoms with Crippen LogP contribution in [0, 0.1) is 5.92 Å². The van der Waals surface area contributed by atoms with Crippen LogP contribution in [-0.2, 0) is 15.7 Å². The molecule has 10 heteroatoms. The number of fused-ring (bicyclic) bond motifs is 1. The molecule has 1 aliphatic rings. The number of carbonyl (C=O) groups is 1. The molecule has 186 valence electrons. The Hall–Kier alpha value is -3.04. The van der Waals surface area contributed by atoms with Crippen LogP contribution in [0.3, 0.4) is 0 Å². The van der Waals surface area contributed by atoms with Crippen LogP contribution in [0.1, 0.15) is 24.8 Å². The Morgan fingerprint density at radius 2 is 1.97 bits per heavy atom. The number of carbonyl (C=O) groups excluding carboxylic acids is 1. The molecule has 6 nitrogen and oxygen atoms in total. The van der Waals surface area contributed by atoms with Gasteiger partial charge in [-0.2, -0.15) is 13.2 Å². The highest BCUT2D eigenvalue weighted by molar-refractivity contribution is 6.34. The molecule has 35 heavy (non-hydrogen) atoms. The van der Waals surface area contributed by atoms with Crippen LogP contribution >= 0.6 is 11.6 Å². The zero-order valence-corrected chi connectivity index (χ0v) is 19.5. The third kappa shape index (κ3) is 5.62. The normalized spacial score (nSPS) is 17.7. The van der Waals surface area contributed by atoms with E-state index >= 15 is 0 Å². The molecule has 1 saturated carbocycles. The van der Waals surface area contributed by atoms with Crippen LogP contribution in [-0.4, -0.2) is 32.3 Å². The Bertz CT molecular complexity index is 1280. The predicted octanol–water partition coefficient (Wildman–Crippen LogP) is 5.44. The average Bonchev–Trinajstić information content (AvgIpc) is 2.79. The molecule has 1 aromatic heterocycles. The Morgan fingerprint density at radius 3 is 2.69 bits per heavy atom. The third-order valence-corrected chi connectivity index (χ3v) is 6.26. The lowest BCUT2D eigenvalue weighted by Crippen LogP contribution is -2.45. The SMILES string of the molecule is COC(=O)C1CC(NCCCOc2cc(C(F)(F)F)ccc2-c2cc(=O)c3cccc(Cl)c3o2)C1. The van der Waals surface area contributed by atoms with Gasteiger partial charge in [-0.15, -0.1) is 0 Å². The van der Waals surface area contributed by atoms with Gasteiger partial charge in [-0.1, -0.05) is 17.7 Å². The summed E-state index contributed by atoms with van der Waals surface area (Å²) in [7, 11) is 1.36. The molecule has 1 heterocycles. The first kappa shape index (κ1) is 25.1. The van der Waals surface area contributed by atoms with E-state index in [0.29, 0.717) is 25.8 Å². The van der Waals surface area contributed by atoms with E-state index in [4.69, 9.17) is 25.5 Å². The lowest BCUT2D eigenvalue weighted by Gasteiger charge is -2.33. The maximum absolute atomic E-state index is 13.3. The molecular formula is C25H23ClF3NO5. The molecule has 0 unspecified atom stereocenters. The first-order valence-corrected chi connectivity index (χ1v) is 11.4. The molecule has 1 fully saturated rings. The van der Waals surface area contributed by atoms with E-state index in [0.717, 1.165) is 12.1 Å². The van der Waals surface area contributed by atoms with E-state index in [9.17, 15) is 22.8 Å². The van der Waals surface area contributed by atoms with E-state index in [2.05, 4.69) is 5.32 Å². The third-order valence-electron chi connectivity index (χ3n) is 5.97. The summed E-state index contributed by atoms with van der Waals surface area (Å²) < 4.78 is 56.2. The van der Waals surface area contributed by atoms with Gasteiger partial charge in [0.15, 0.2) is 11.0 Å². The van der Waals surface area contributed by atoms with E-state index in [1.165, 1.54) is 19.2 Å². The topological polar surface area (TPSA) is 77.8 Å². The fourth-order valence-electron chi connectivity index (χ4n) is 4.00. The smallest absolute Gasteiger partial charge is 0.416 e. The second kappa shape index (κ2) is 10.3. The maximum atomic E-state index is 13.3. The van der Waals surface area contributed by atoms with Crippen molar-refractivity contribution >= 4 is 28.5 Å². The summed E-state index contributed by atoms with van der Waals surface area (Å²) >= 11 is 6.16. The zero-order valence-electron chi connectivity index (χ0n) is 18.8. The number of ether oxygens (including phenoxy) is 2. The molecule has 0 aliphatic heterocycles. The van der Waals surface area contributed by atoms with E-state index in [-0.39, 0.29) is 63.0 Å². The van der Waals surface area contributed by atoms with Gasteiger partial charge in [-0.05, 0) is 56.1 Å². The first-order chi connectivity index (χ1) is 16.7. The van der Waals surface area contributed by atoms with Crippen molar-refractivity contribution in [3.63, 3.8) is 0 Å². The van der Waals surface area contributed by atoms with Gasteiger partial charge in [0.05, 0.1) is 41.2 Å². The molecular weight excluding hydrogens is 487 g/mol. The summed E-state index contributed by atoms with van der Waals surface area (Å²) in [6, 6.07) is 9.16. The van der Waals surface area contributed by atoms with Crippen molar-refractivity contribution in [2.24, 2.45) is 5.92 Å². The molecule has 1 N–H and O–H groups in total. The van der Waals surface area contributed by atoms with Crippen LogP contribution in [0.25, 0.3) is 22.3 Å². The fraction of sp³-hybridized carbons (Fsp3) is 0.360. The Balaban J connectivity index is 1.48. The molecule has 0 saturated heterocycles. The zero-order chi connectivity index (χ0) is 25.2. The van der Waals surface area contributed by atoms with Crippen molar-refractivity contribution in [2.75, 3.05) is 20.3 Å². The number of benzene rings is 2. The number of alkyl halides is 3. The number of hydrogen-bond donors (Lipinski definition) is 1. The quantitative estimate of drug-likeness (QED) is 0.322. The van der Waals surface area contributed by atoms with E-state index in [1.54, 1.807) is 18.2 Å². The van der Waals surface area contributed by atoms with Gasteiger partial charge in [0.2, 0.25) is 0 Å². The van der Waals surface area contributed by atoms with Gasteiger partial charge < -0.3 is 19.2 Å². The number of methoxy groups -OCH3 is 1. The van der Waals surface area contributed by atoms with Gasteiger partial charge in [-0.25, -0.2) is 0 Å². The molecule has 0 radical (unpaired) electrons. The highest BCUT2D eigenvalue weighted by atomic mass is 35.5. The molecule has 2 aromatic carbocycles. The summed E-state index contributed by atoms with van der Waals surface area (Å²) in [5.41, 5.74) is -0.884. The number of esters is 1. The van der Waals surface area contributed by atoms with Gasteiger partial charge >= 0.3 is 12.1 Å². The summed E-state index contributed by atoms with van der Waals surface area (Å²) in [6.45, 7) is 0.695. The minimum atomic E-state index is -4.56. The van der Waals surface area contributed by atoms with Crippen molar-refractivity contribution in [1.29, 1.82) is 0 Å². The number of hydrogen-bond acceptors (Lipinski definition) is 6. The highest BCUT2D eigenvalue weighted by Gasteiger charge is 2.35. The second-order valence-corrected chi connectivity index (χ2v) is 8.75. The van der Waals surface area contributed by atoms with Crippen LogP contribution in [0.5, 0.6) is 5.75 Å². The monoisotopic (exact) mass is 509 g/mol. The summed E-state index contributed by atoms with van der Waals surface area (Å²) in [6.07, 6.45) is -2.67. The van der Waals surface area contributed by atoms with Crippen LogP contribution in [0.4, 0.5) is 13.2 Å². The summed E-state index contributed by atoms with van der Waals surface area (Å²) in [4.78, 5) is 24.0. The largest absolute Gasteiger partial charge is 0.493 e. The predicted molar refractivity (Wildman–Crippen MR) is 125 cm³/mol. The lowest BCUT2D eigenvalue weighted by atomic mass is 9.80. The minimum absolute atomic E-state index is 0.0521. The van der Waals surface area contributed by atoms with Gasteiger partial charge in [0, 0.05) is 12.1 Å². The van der Waals surface area contributed by atoms with Crippen molar-refractivity contribution in [1.82, 2.24) is 5.32 Å². The first-order valence-electron chi connectivity index (χ1n) is 11.1. The number of rotatable bonds is 8. The second-order valence-electron chi connectivity index (χ2n) is 8.34. The van der Waals surface area contributed by atoms with Crippen molar-refractivity contribution < 1.29 is 31.9 Å². The van der Waals surface area contributed by atoms with Gasteiger partial charge in [0.1, 0.15) is 11.5 Å². The molecule has 0 bridgehead atoms. The molecule has 0 amide bonds. The van der Waals surface area contributed by atoms with E-state index in [1.807, 2.05) is 0 Å². The van der Waals surface area contributed by atoms with Crippen LogP contribution < -0.4 is 15.5 Å². The average molecular weight is 510 g/mol. The number of nitrogens with one attached hydrogen (secondary N) is 1. The van der Waals surface area contributed by atoms with Crippen LogP contribution in [0.2, 0.25) is 5.02 Å². The maximum Gasteiger partial charge on any atom is 0.416 e. The highest BCUT2D eigenvalue weighted by Crippen LogP contribution is 2.38. The molecule has 3 aromatic rings. The Kier molecular flexibility index (Phi) is 7.37.